The summed E-state index contributed by atoms with van der Waals surface area (Å²) in [6.45, 7) is 4.81. The zero-order valence-electron chi connectivity index (χ0n) is 16.9. The van der Waals surface area contributed by atoms with Crippen molar-refractivity contribution in [2.75, 3.05) is 6.54 Å². The number of hydrogen-bond donors (Lipinski definition) is 1. The molecule has 5 rings (SSSR count). The van der Waals surface area contributed by atoms with Gasteiger partial charge in [0.1, 0.15) is 17.2 Å². The molecule has 0 saturated carbocycles. The monoisotopic (exact) mass is 388 g/mol. The highest BCUT2D eigenvalue weighted by Crippen LogP contribution is 2.33. The molecule has 4 heterocycles. The third-order valence-corrected chi connectivity index (χ3v) is 5.86. The van der Waals surface area contributed by atoms with Crippen molar-refractivity contribution in [3.05, 3.63) is 65.4 Å². The maximum absolute atomic E-state index is 13.6. The lowest BCUT2D eigenvalue weighted by Crippen LogP contribution is -2.31. The van der Waals surface area contributed by atoms with Crippen LogP contribution in [0.2, 0.25) is 0 Å². The van der Waals surface area contributed by atoms with Gasteiger partial charge < -0.3 is 14.5 Å². The number of carbonyl (C=O) groups is 1. The molecule has 1 aromatic carbocycles. The van der Waals surface area contributed by atoms with E-state index in [1.54, 1.807) is 10.9 Å². The third-order valence-electron chi connectivity index (χ3n) is 5.86. The molecule has 4 aromatic rings. The van der Waals surface area contributed by atoms with E-state index in [4.69, 9.17) is 4.98 Å². The average molecular weight is 388 g/mol. The van der Waals surface area contributed by atoms with Crippen LogP contribution in [0.5, 0.6) is 0 Å². The second-order valence-corrected chi connectivity index (χ2v) is 7.75. The Kier molecular flexibility index (Phi) is 4.04. The number of hydrogen-bond acceptors (Lipinski definition) is 3. The lowest BCUT2D eigenvalue weighted by molar-refractivity contribution is 0.0730. The fraction of sp³-hybridized carbons (Fsp3) is 0.318. The molecular formula is C22H24N6O. The number of aromatic nitrogens is 5. The summed E-state index contributed by atoms with van der Waals surface area (Å²) in [5, 5.41) is 4.40. The Labute approximate surface area is 169 Å². The Morgan fingerprint density at radius 2 is 1.90 bits per heavy atom. The van der Waals surface area contributed by atoms with E-state index < -0.39 is 0 Å². The number of benzene rings is 1. The summed E-state index contributed by atoms with van der Waals surface area (Å²) < 4.78 is 3.87. The van der Waals surface area contributed by atoms with Crippen LogP contribution in [-0.2, 0) is 7.05 Å². The number of nitrogens with zero attached hydrogens (tertiary/aromatic N) is 5. The second-order valence-electron chi connectivity index (χ2n) is 7.75. The number of H-pyrrole nitrogens is 1. The minimum atomic E-state index is -0.0465. The first-order chi connectivity index (χ1) is 14.0. The predicted octanol–water partition coefficient (Wildman–Crippen LogP) is 3.68. The highest BCUT2D eigenvalue weighted by molar-refractivity contribution is 5.97. The second kappa shape index (κ2) is 6.62. The van der Waals surface area contributed by atoms with Crippen LogP contribution in [0.3, 0.4) is 0 Å². The fourth-order valence-corrected chi connectivity index (χ4v) is 4.43. The van der Waals surface area contributed by atoms with Crippen LogP contribution < -0.4 is 0 Å². The molecule has 7 nitrogen and oxygen atoms in total. The molecule has 1 aliphatic rings. The first-order valence-electron chi connectivity index (χ1n) is 9.97. The zero-order valence-corrected chi connectivity index (χ0v) is 16.9. The number of rotatable bonds is 3. The Morgan fingerprint density at radius 1 is 1.14 bits per heavy atom. The van der Waals surface area contributed by atoms with Gasteiger partial charge in [0, 0.05) is 25.0 Å². The summed E-state index contributed by atoms with van der Waals surface area (Å²) in [6.07, 6.45) is 3.55. The van der Waals surface area contributed by atoms with Crippen molar-refractivity contribution in [3.8, 4) is 5.82 Å². The largest absolute Gasteiger partial charge is 0.340 e. The van der Waals surface area contributed by atoms with Crippen LogP contribution in [0, 0.1) is 13.8 Å². The van der Waals surface area contributed by atoms with Gasteiger partial charge in [-0.2, -0.15) is 5.10 Å². The van der Waals surface area contributed by atoms with Gasteiger partial charge in [-0.3, -0.25) is 9.48 Å². The molecule has 148 valence electrons. The van der Waals surface area contributed by atoms with Crippen LogP contribution in [-0.4, -0.2) is 41.7 Å². The molecule has 1 N–H and O–H groups in total. The van der Waals surface area contributed by atoms with Crippen molar-refractivity contribution in [2.24, 2.45) is 7.05 Å². The summed E-state index contributed by atoms with van der Waals surface area (Å²) in [4.78, 5) is 23.7. The molecule has 1 fully saturated rings. The quantitative estimate of drug-likeness (QED) is 0.582. The summed E-state index contributed by atoms with van der Waals surface area (Å²) in [5.41, 5.74) is 4.72. The Bertz CT molecular complexity index is 1160. The summed E-state index contributed by atoms with van der Waals surface area (Å²) >= 11 is 0. The van der Waals surface area contributed by atoms with Gasteiger partial charge in [0.2, 0.25) is 0 Å². The van der Waals surface area contributed by atoms with Gasteiger partial charge in [0.25, 0.3) is 5.91 Å². The smallest absolute Gasteiger partial charge is 0.259 e. The van der Waals surface area contributed by atoms with Crippen LogP contribution in [0.15, 0.2) is 42.6 Å². The average Bonchev–Trinajstić information content (AvgIpc) is 3.48. The summed E-state index contributed by atoms with van der Waals surface area (Å²) in [5.74, 6) is 1.67. The molecule has 3 aromatic heterocycles. The molecule has 0 bridgehead atoms. The van der Waals surface area contributed by atoms with Gasteiger partial charge in [-0.05, 0) is 51.0 Å². The van der Waals surface area contributed by atoms with Crippen molar-refractivity contribution >= 4 is 16.9 Å². The van der Waals surface area contributed by atoms with Crippen LogP contribution in [0.25, 0.3) is 16.9 Å². The van der Waals surface area contributed by atoms with Gasteiger partial charge in [0.05, 0.1) is 23.3 Å². The molecular weight excluding hydrogens is 364 g/mol. The Hall–Kier alpha value is -3.35. The molecule has 1 atom stereocenters. The van der Waals surface area contributed by atoms with Gasteiger partial charge in [0.15, 0.2) is 0 Å². The molecule has 1 unspecified atom stereocenters. The number of aromatic amines is 1. The minimum Gasteiger partial charge on any atom is -0.340 e. The number of amides is 1. The van der Waals surface area contributed by atoms with Gasteiger partial charge in [-0.25, -0.2) is 4.98 Å². The Balaban J connectivity index is 1.54. The summed E-state index contributed by atoms with van der Waals surface area (Å²) in [6, 6.07) is 12.1. The molecule has 0 spiro atoms. The number of nitrogens with one attached hydrogen (secondary N) is 1. The van der Waals surface area contributed by atoms with Gasteiger partial charge in [-0.15, -0.1) is 0 Å². The number of imidazole rings is 1. The molecule has 7 heteroatoms. The molecule has 1 amide bonds. The van der Waals surface area contributed by atoms with Crippen LogP contribution >= 0.6 is 0 Å². The highest BCUT2D eigenvalue weighted by atomic mass is 16.2. The Morgan fingerprint density at radius 3 is 2.66 bits per heavy atom. The maximum atomic E-state index is 13.6. The van der Waals surface area contributed by atoms with Crippen molar-refractivity contribution in [3.63, 3.8) is 0 Å². The van der Waals surface area contributed by atoms with E-state index in [0.29, 0.717) is 5.56 Å². The molecule has 1 saturated heterocycles. The molecule has 29 heavy (non-hydrogen) atoms. The third kappa shape index (κ3) is 2.76. The van der Waals surface area contributed by atoms with Crippen molar-refractivity contribution in [1.29, 1.82) is 0 Å². The van der Waals surface area contributed by atoms with Crippen LogP contribution in [0.4, 0.5) is 0 Å². The van der Waals surface area contributed by atoms with Gasteiger partial charge in [-0.1, -0.05) is 12.1 Å². The van der Waals surface area contributed by atoms with E-state index in [1.165, 1.54) is 0 Å². The molecule has 0 radical (unpaired) electrons. The normalized spacial score (nSPS) is 16.8. The first kappa shape index (κ1) is 17.7. The van der Waals surface area contributed by atoms with E-state index in [1.807, 2.05) is 50.1 Å². The lowest BCUT2D eigenvalue weighted by atomic mass is 10.2. The SMILES string of the molecule is Cc1ccc(C)n1-c1c(C(=O)N2CCCC2c2nc3ccccc3[nH]2)cnn1C. The van der Waals surface area contributed by atoms with E-state index in [2.05, 4.69) is 26.8 Å². The predicted molar refractivity (Wildman–Crippen MR) is 111 cm³/mol. The fourth-order valence-electron chi connectivity index (χ4n) is 4.43. The topological polar surface area (TPSA) is 71.7 Å². The lowest BCUT2D eigenvalue weighted by Gasteiger charge is -2.23. The van der Waals surface area contributed by atoms with E-state index >= 15 is 0 Å². The number of aryl methyl sites for hydroxylation is 3. The zero-order chi connectivity index (χ0) is 20.1. The van der Waals surface area contributed by atoms with E-state index in [0.717, 1.165) is 53.4 Å². The standard InChI is InChI=1S/C22H24N6O/c1-14-10-11-15(2)28(14)21-16(13-23-26(21)3)22(29)27-12-6-9-19(27)20-24-17-7-4-5-8-18(17)25-20/h4-5,7-8,10-11,13,19H,6,9,12H2,1-3H3,(H,24,25). The number of fused-ring (bicyclic) bond motifs is 1. The summed E-state index contributed by atoms with van der Waals surface area (Å²) in [7, 11) is 1.88. The highest BCUT2D eigenvalue weighted by Gasteiger charge is 2.35. The van der Waals surface area contributed by atoms with Gasteiger partial charge >= 0.3 is 0 Å². The number of carbonyl (C=O) groups excluding carboxylic acids is 1. The van der Waals surface area contributed by atoms with Crippen molar-refractivity contribution in [1.82, 2.24) is 29.2 Å². The minimum absolute atomic E-state index is 0.00329. The first-order valence-corrected chi connectivity index (χ1v) is 9.97. The number of para-hydroxylation sites is 2. The van der Waals surface area contributed by atoms with Crippen molar-refractivity contribution in [2.45, 2.75) is 32.7 Å². The maximum Gasteiger partial charge on any atom is 0.259 e. The molecule has 1 aliphatic heterocycles. The number of likely N-dealkylation sites (tertiary alicyclic amines) is 1. The molecule has 0 aliphatic carbocycles. The van der Waals surface area contributed by atoms with Crippen LogP contribution in [0.1, 0.15) is 46.5 Å². The van der Waals surface area contributed by atoms with E-state index in [9.17, 15) is 4.79 Å². The van der Waals surface area contributed by atoms with Crippen molar-refractivity contribution < 1.29 is 4.79 Å². The van der Waals surface area contributed by atoms with E-state index in [-0.39, 0.29) is 11.9 Å².